The molecule has 2 atom stereocenters. The molecule has 0 radical (unpaired) electrons. The monoisotopic (exact) mass is 294 g/mol. The van der Waals surface area contributed by atoms with Crippen LogP contribution < -0.4 is 5.32 Å². The molecule has 2 amide bonds. The van der Waals surface area contributed by atoms with Gasteiger partial charge in [-0.3, -0.25) is 9.59 Å². The molecule has 3 rings (SSSR count). The lowest BCUT2D eigenvalue weighted by molar-refractivity contribution is -0.142. The summed E-state index contributed by atoms with van der Waals surface area (Å²) in [7, 11) is 0. The van der Waals surface area contributed by atoms with Crippen molar-refractivity contribution in [1.29, 1.82) is 0 Å². The molecule has 0 aromatic heterocycles. The Morgan fingerprint density at radius 2 is 1.95 bits per heavy atom. The minimum Gasteiger partial charge on any atom is -0.376 e. The molecule has 1 N–H and O–H groups in total. The van der Waals surface area contributed by atoms with Crippen LogP contribution in [0.4, 0.5) is 0 Å². The van der Waals surface area contributed by atoms with Crippen LogP contribution in [0.25, 0.3) is 0 Å². The summed E-state index contributed by atoms with van der Waals surface area (Å²) < 4.78 is 5.89. The first kappa shape index (κ1) is 14.8. The van der Waals surface area contributed by atoms with Crippen LogP contribution in [0.2, 0.25) is 0 Å². The van der Waals surface area contributed by atoms with Crippen LogP contribution in [-0.2, 0) is 14.3 Å². The molecule has 1 saturated carbocycles. The van der Waals surface area contributed by atoms with Gasteiger partial charge in [-0.25, -0.2) is 0 Å². The first-order valence-corrected chi connectivity index (χ1v) is 8.35. The van der Waals surface area contributed by atoms with E-state index in [1.807, 2.05) is 18.7 Å². The van der Waals surface area contributed by atoms with E-state index in [1.165, 1.54) is 12.8 Å². The molecule has 2 saturated heterocycles. The van der Waals surface area contributed by atoms with Gasteiger partial charge < -0.3 is 15.0 Å². The Morgan fingerprint density at radius 1 is 1.24 bits per heavy atom. The maximum atomic E-state index is 13.1. The van der Waals surface area contributed by atoms with Crippen LogP contribution in [0.5, 0.6) is 0 Å². The van der Waals surface area contributed by atoms with Gasteiger partial charge >= 0.3 is 0 Å². The van der Waals surface area contributed by atoms with E-state index in [1.54, 1.807) is 0 Å². The summed E-state index contributed by atoms with van der Waals surface area (Å²) in [5, 5.41) is 2.98. The van der Waals surface area contributed by atoms with Gasteiger partial charge in [-0.1, -0.05) is 13.8 Å². The van der Waals surface area contributed by atoms with Gasteiger partial charge in [0.2, 0.25) is 11.8 Å². The van der Waals surface area contributed by atoms with Crippen LogP contribution in [0.15, 0.2) is 0 Å². The van der Waals surface area contributed by atoms with Gasteiger partial charge in [0.25, 0.3) is 0 Å². The average Bonchev–Trinajstić information content (AvgIpc) is 3.24. The molecular formula is C16H26N2O3. The third-order valence-corrected chi connectivity index (χ3v) is 5.43. The predicted molar refractivity (Wildman–Crippen MR) is 78.7 cm³/mol. The summed E-state index contributed by atoms with van der Waals surface area (Å²) in [5.41, 5.74) is -0.718. The lowest BCUT2D eigenvalue weighted by Crippen LogP contribution is -2.59. The summed E-state index contributed by atoms with van der Waals surface area (Å²) >= 11 is 0. The molecule has 5 heteroatoms. The molecule has 0 aromatic rings. The van der Waals surface area contributed by atoms with E-state index >= 15 is 0 Å². The molecule has 3 fully saturated rings. The van der Waals surface area contributed by atoms with E-state index in [0.717, 1.165) is 13.0 Å². The molecule has 5 nitrogen and oxygen atoms in total. The summed E-state index contributed by atoms with van der Waals surface area (Å²) in [6, 6.07) is 0.162. The first-order chi connectivity index (χ1) is 10.1. The van der Waals surface area contributed by atoms with Crippen LogP contribution >= 0.6 is 0 Å². The Bertz CT molecular complexity index is 429. The molecule has 2 aliphatic heterocycles. The van der Waals surface area contributed by atoms with Crippen LogP contribution in [0.1, 0.15) is 52.4 Å². The van der Waals surface area contributed by atoms with Crippen molar-refractivity contribution in [1.82, 2.24) is 10.2 Å². The molecule has 2 unspecified atom stereocenters. The van der Waals surface area contributed by atoms with Gasteiger partial charge in [-0.05, 0) is 38.0 Å². The maximum absolute atomic E-state index is 13.1. The van der Waals surface area contributed by atoms with Crippen molar-refractivity contribution in [3.8, 4) is 0 Å². The summed E-state index contributed by atoms with van der Waals surface area (Å²) in [5.74, 6) is 0.714. The minimum absolute atomic E-state index is 0.00330. The van der Waals surface area contributed by atoms with Crippen molar-refractivity contribution in [2.45, 2.75) is 70.1 Å². The van der Waals surface area contributed by atoms with Gasteiger partial charge in [0.1, 0.15) is 5.54 Å². The van der Waals surface area contributed by atoms with Crippen molar-refractivity contribution >= 4 is 11.8 Å². The first-order valence-electron chi connectivity index (χ1n) is 8.35. The molecule has 118 valence electrons. The number of hydrogen-bond acceptors (Lipinski definition) is 3. The molecule has 0 aromatic carbocycles. The highest BCUT2D eigenvalue weighted by Gasteiger charge is 2.49. The Morgan fingerprint density at radius 3 is 2.57 bits per heavy atom. The Kier molecular flexibility index (Phi) is 3.95. The maximum Gasteiger partial charge on any atom is 0.248 e. The zero-order valence-corrected chi connectivity index (χ0v) is 13.1. The number of ether oxygens (including phenoxy) is 1. The van der Waals surface area contributed by atoms with E-state index in [0.29, 0.717) is 31.7 Å². The Hall–Kier alpha value is -1.10. The third-order valence-electron chi connectivity index (χ3n) is 5.43. The zero-order valence-electron chi connectivity index (χ0n) is 13.1. The zero-order chi connectivity index (χ0) is 15.0. The highest BCUT2D eigenvalue weighted by Crippen LogP contribution is 2.41. The van der Waals surface area contributed by atoms with Crippen molar-refractivity contribution in [3.63, 3.8) is 0 Å². The van der Waals surface area contributed by atoms with Gasteiger partial charge in [-0.15, -0.1) is 0 Å². The fraction of sp³-hybridized carbons (Fsp3) is 0.875. The minimum atomic E-state index is -0.718. The van der Waals surface area contributed by atoms with Crippen LogP contribution in [0.3, 0.4) is 0 Å². The van der Waals surface area contributed by atoms with E-state index in [9.17, 15) is 9.59 Å². The second-order valence-electron chi connectivity index (χ2n) is 6.61. The fourth-order valence-electron chi connectivity index (χ4n) is 3.84. The lowest BCUT2D eigenvalue weighted by atomic mass is 9.90. The molecule has 1 aliphatic carbocycles. The summed E-state index contributed by atoms with van der Waals surface area (Å²) in [4.78, 5) is 27.1. The normalized spacial score (nSPS) is 33.0. The van der Waals surface area contributed by atoms with E-state index in [-0.39, 0.29) is 24.0 Å². The van der Waals surface area contributed by atoms with E-state index in [2.05, 4.69) is 5.32 Å². The number of nitrogens with one attached hydrogen (secondary N) is 1. The third kappa shape index (κ3) is 2.56. The van der Waals surface area contributed by atoms with E-state index < -0.39 is 5.54 Å². The SMILES string of the molecule is CCC1(CC)NC(=O)CCN(C2CCOC2C2CC2)C1=O. The molecule has 0 spiro atoms. The van der Waals surface area contributed by atoms with Gasteiger partial charge in [0.05, 0.1) is 12.1 Å². The highest BCUT2D eigenvalue weighted by atomic mass is 16.5. The standard InChI is InChI=1S/C16H26N2O3/c1-3-16(4-2)15(20)18(9-7-13(19)17-16)12-8-10-21-14(12)11-5-6-11/h11-12,14H,3-10H2,1-2H3,(H,17,19). The van der Waals surface area contributed by atoms with Crippen molar-refractivity contribution in [2.24, 2.45) is 5.92 Å². The molecule has 0 bridgehead atoms. The molecule has 21 heavy (non-hydrogen) atoms. The Labute approximate surface area is 126 Å². The summed E-state index contributed by atoms with van der Waals surface area (Å²) in [6.07, 6.45) is 5.22. The highest BCUT2D eigenvalue weighted by molar-refractivity contribution is 5.93. The number of carbonyl (C=O) groups is 2. The smallest absolute Gasteiger partial charge is 0.248 e. The fourth-order valence-corrected chi connectivity index (χ4v) is 3.84. The molecule has 3 aliphatic rings. The second kappa shape index (κ2) is 5.59. The van der Waals surface area contributed by atoms with Crippen molar-refractivity contribution in [2.75, 3.05) is 13.2 Å². The quantitative estimate of drug-likeness (QED) is 0.854. The molecular weight excluding hydrogens is 268 g/mol. The van der Waals surface area contributed by atoms with Crippen molar-refractivity contribution in [3.05, 3.63) is 0 Å². The molecule has 2 heterocycles. The summed E-state index contributed by atoms with van der Waals surface area (Å²) in [6.45, 7) is 5.23. The van der Waals surface area contributed by atoms with Crippen molar-refractivity contribution < 1.29 is 14.3 Å². The topological polar surface area (TPSA) is 58.6 Å². The lowest BCUT2D eigenvalue weighted by Gasteiger charge is -2.38. The van der Waals surface area contributed by atoms with Gasteiger partial charge in [0.15, 0.2) is 0 Å². The Balaban J connectivity index is 1.85. The van der Waals surface area contributed by atoms with Crippen LogP contribution in [-0.4, -0.2) is 47.6 Å². The predicted octanol–water partition coefficient (Wildman–Crippen LogP) is 1.46. The number of carbonyl (C=O) groups excluding carboxylic acids is 2. The van der Waals surface area contributed by atoms with E-state index in [4.69, 9.17) is 4.74 Å². The van der Waals surface area contributed by atoms with Gasteiger partial charge in [-0.2, -0.15) is 0 Å². The number of hydrogen-bond donors (Lipinski definition) is 1. The number of nitrogens with zero attached hydrogens (tertiary/aromatic N) is 1. The van der Waals surface area contributed by atoms with Gasteiger partial charge in [0, 0.05) is 19.6 Å². The van der Waals surface area contributed by atoms with Crippen LogP contribution in [0, 0.1) is 5.92 Å². The number of rotatable bonds is 4. The average molecular weight is 294 g/mol. The second-order valence-corrected chi connectivity index (χ2v) is 6.61. The largest absolute Gasteiger partial charge is 0.376 e. The number of amides is 2.